The van der Waals surface area contributed by atoms with Gasteiger partial charge in [-0.05, 0) is 37.3 Å². The van der Waals surface area contributed by atoms with E-state index in [1.165, 1.54) is 11.8 Å². The van der Waals surface area contributed by atoms with Crippen LogP contribution >= 0.6 is 35.0 Å². The van der Waals surface area contributed by atoms with Crippen LogP contribution in [0.5, 0.6) is 0 Å². The Morgan fingerprint density at radius 1 is 1.16 bits per heavy atom. The van der Waals surface area contributed by atoms with Crippen LogP contribution in [0.3, 0.4) is 0 Å². The third-order valence-corrected chi connectivity index (χ3v) is 5.23. The molecule has 0 saturated heterocycles. The molecule has 3 aromatic rings. The lowest BCUT2D eigenvalue weighted by Gasteiger charge is -2.09. The zero-order valence-electron chi connectivity index (χ0n) is 13.5. The van der Waals surface area contributed by atoms with Crippen molar-refractivity contribution in [2.45, 2.75) is 11.8 Å². The van der Waals surface area contributed by atoms with E-state index in [2.05, 4.69) is 4.98 Å². The van der Waals surface area contributed by atoms with Gasteiger partial charge in [0.15, 0.2) is 0 Å². The lowest BCUT2D eigenvalue weighted by molar-refractivity contribution is 0.0532. The monoisotopic (exact) mass is 391 g/mol. The van der Waals surface area contributed by atoms with Crippen molar-refractivity contribution < 1.29 is 9.53 Å². The number of nitrogens with zero attached hydrogens (tertiary/aromatic N) is 1. The Kier molecular flexibility index (Phi) is 5.84. The van der Waals surface area contributed by atoms with Gasteiger partial charge >= 0.3 is 5.97 Å². The number of benzene rings is 2. The minimum absolute atomic E-state index is 0.280. The quantitative estimate of drug-likeness (QED) is 0.313. The van der Waals surface area contributed by atoms with Crippen LogP contribution in [-0.4, -0.2) is 23.3 Å². The lowest BCUT2D eigenvalue weighted by Crippen LogP contribution is -2.09. The van der Waals surface area contributed by atoms with Crippen LogP contribution in [0.1, 0.15) is 16.1 Å². The smallest absolute Gasteiger partial charge is 0.338 e. The van der Waals surface area contributed by atoms with Gasteiger partial charge in [0.05, 0.1) is 16.1 Å². The van der Waals surface area contributed by atoms with Crippen molar-refractivity contribution in [1.29, 1.82) is 0 Å². The minimum Gasteiger partial charge on any atom is -0.461 e. The molecule has 2 aromatic carbocycles. The van der Waals surface area contributed by atoms with Crippen LogP contribution < -0.4 is 0 Å². The zero-order chi connectivity index (χ0) is 17.8. The molecule has 128 valence electrons. The summed E-state index contributed by atoms with van der Waals surface area (Å²) in [7, 11) is 0. The van der Waals surface area contributed by atoms with Crippen molar-refractivity contribution in [2.75, 3.05) is 12.4 Å². The SMILES string of the molecule is Cc1cc(C(=O)OCCSc2cc(Cl)ccc2Cl)c2ccccc2n1. The van der Waals surface area contributed by atoms with Gasteiger partial charge in [-0.25, -0.2) is 4.79 Å². The molecule has 25 heavy (non-hydrogen) atoms. The number of esters is 1. The Hall–Kier alpha value is -1.75. The normalized spacial score (nSPS) is 10.8. The molecule has 0 N–H and O–H groups in total. The van der Waals surface area contributed by atoms with E-state index in [-0.39, 0.29) is 12.6 Å². The number of rotatable bonds is 5. The van der Waals surface area contributed by atoms with Gasteiger partial charge in [-0.3, -0.25) is 4.98 Å². The fourth-order valence-corrected chi connectivity index (χ4v) is 3.75. The minimum atomic E-state index is -0.348. The largest absolute Gasteiger partial charge is 0.461 e. The molecule has 1 aromatic heterocycles. The van der Waals surface area contributed by atoms with Crippen LogP contribution in [0.15, 0.2) is 53.4 Å². The van der Waals surface area contributed by atoms with Crippen molar-refractivity contribution in [3.05, 3.63) is 69.8 Å². The van der Waals surface area contributed by atoms with E-state index < -0.39 is 0 Å². The first kappa shape index (κ1) is 18.1. The van der Waals surface area contributed by atoms with E-state index >= 15 is 0 Å². The molecule has 0 bridgehead atoms. The number of fused-ring (bicyclic) bond motifs is 1. The molecule has 0 aliphatic rings. The summed E-state index contributed by atoms with van der Waals surface area (Å²) in [5.74, 6) is 0.243. The third-order valence-electron chi connectivity index (χ3n) is 3.53. The Bertz CT molecular complexity index is 930. The van der Waals surface area contributed by atoms with Crippen LogP contribution in [0.4, 0.5) is 0 Å². The van der Waals surface area contributed by atoms with Gasteiger partial charge in [-0.1, -0.05) is 41.4 Å². The molecule has 0 radical (unpaired) electrons. The molecule has 0 saturated carbocycles. The Morgan fingerprint density at radius 3 is 2.80 bits per heavy atom. The maximum absolute atomic E-state index is 12.4. The van der Waals surface area contributed by atoms with Crippen LogP contribution in [0.2, 0.25) is 10.0 Å². The van der Waals surface area contributed by atoms with E-state index in [1.54, 1.807) is 24.3 Å². The number of para-hydroxylation sites is 1. The van der Waals surface area contributed by atoms with Crippen LogP contribution in [-0.2, 0) is 4.74 Å². The fraction of sp³-hybridized carbons (Fsp3) is 0.158. The highest BCUT2D eigenvalue weighted by Gasteiger charge is 2.13. The van der Waals surface area contributed by atoms with Crippen molar-refractivity contribution in [3.63, 3.8) is 0 Å². The molecule has 0 unspecified atom stereocenters. The maximum atomic E-state index is 12.4. The first-order chi connectivity index (χ1) is 12.0. The van der Waals surface area contributed by atoms with Gasteiger partial charge in [-0.2, -0.15) is 0 Å². The molecule has 0 spiro atoms. The van der Waals surface area contributed by atoms with Crippen LogP contribution in [0.25, 0.3) is 10.9 Å². The predicted molar refractivity (Wildman–Crippen MR) is 104 cm³/mol. The molecule has 0 aliphatic heterocycles. The number of aromatic nitrogens is 1. The number of aryl methyl sites for hydroxylation is 1. The van der Waals surface area contributed by atoms with E-state index in [0.717, 1.165) is 21.5 Å². The van der Waals surface area contributed by atoms with Crippen molar-refractivity contribution in [1.82, 2.24) is 4.98 Å². The third kappa shape index (κ3) is 4.46. The molecular weight excluding hydrogens is 377 g/mol. The summed E-state index contributed by atoms with van der Waals surface area (Å²) in [6.45, 7) is 2.14. The van der Waals surface area contributed by atoms with Gasteiger partial charge < -0.3 is 4.74 Å². The fourth-order valence-electron chi connectivity index (χ4n) is 2.43. The summed E-state index contributed by atoms with van der Waals surface area (Å²) in [4.78, 5) is 17.7. The first-order valence-electron chi connectivity index (χ1n) is 7.66. The summed E-state index contributed by atoms with van der Waals surface area (Å²) >= 11 is 13.6. The number of carbonyl (C=O) groups is 1. The number of hydrogen-bond acceptors (Lipinski definition) is 4. The number of ether oxygens (including phenoxy) is 1. The Labute approximate surface area is 160 Å². The number of thioether (sulfide) groups is 1. The highest BCUT2D eigenvalue weighted by Crippen LogP contribution is 2.29. The Morgan fingerprint density at radius 2 is 1.96 bits per heavy atom. The maximum Gasteiger partial charge on any atom is 0.338 e. The Balaban J connectivity index is 1.64. The summed E-state index contributed by atoms with van der Waals surface area (Å²) in [5.41, 5.74) is 2.11. The summed E-state index contributed by atoms with van der Waals surface area (Å²) < 4.78 is 5.42. The van der Waals surface area contributed by atoms with Gasteiger partial charge in [0.25, 0.3) is 0 Å². The number of pyridine rings is 1. The van der Waals surface area contributed by atoms with Crippen molar-refractivity contribution in [3.8, 4) is 0 Å². The summed E-state index contributed by atoms with van der Waals surface area (Å²) in [5, 5.41) is 2.06. The summed E-state index contributed by atoms with van der Waals surface area (Å²) in [6, 6.07) is 14.6. The molecule has 3 rings (SSSR count). The van der Waals surface area contributed by atoms with Gasteiger partial charge in [0.1, 0.15) is 6.61 Å². The number of hydrogen-bond donors (Lipinski definition) is 0. The molecule has 3 nitrogen and oxygen atoms in total. The van der Waals surface area contributed by atoms with Gasteiger partial charge in [-0.15, -0.1) is 11.8 Å². The van der Waals surface area contributed by atoms with Crippen LogP contribution in [0, 0.1) is 6.92 Å². The van der Waals surface area contributed by atoms with Gasteiger partial charge in [0.2, 0.25) is 0 Å². The second-order valence-corrected chi connectivity index (χ2v) is 7.37. The standard InChI is InChI=1S/C19H15Cl2NO2S/c1-12-10-15(14-4-2-3-5-17(14)22-12)19(23)24-8-9-25-18-11-13(20)6-7-16(18)21/h2-7,10-11H,8-9H2,1H3. The molecule has 1 heterocycles. The van der Waals surface area contributed by atoms with E-state index in [9.17, 15) is 4.79 Å². The second kappa shape index (κ2) is 8.09. The molecule has 6 heteroatoms. The number of carbonyl (C=O) groups excluding carboxylic acids is 1. The molecule has 0 amide bonds. The summed E-state index contributed by atoms with van der Waals surface area (Å²) in [6.07, 6.45) is 0. The molecule has 0 fully saturated rings. The highest BCUT2D eigenvalue weighted by atomic mass is 35.5. The predicted octanol–water partition coefficient (Wildman–Crippen LogP) is 5.80. The molecular formula is C19H15Cl2NO2S. The number of halogens is 2. The van der Waals surface area contributed by atoms with Crippen molar-refractivity contribution in [2.24, 2.45) is 0 Å². The van der Waals surface area contributed by atoms with Gasteiger partial charge in [0, 0.05) is 26.8 Å². The molecule has 0 aliphatic carbocycles. The average Bonchev–Trinajstić information content (AvgIpc) is 2.60. The van der Waals surface area contributed by atoms with E-state index in [1.807, 2.05) is 31.2 Å². The second-order valence-electron chi connectivity index (χ2n) is 5.39. The topological polar surface area (TPSA) is 39.2 Å². The van der Waals surface area contributed by atoms with E-state index in [4.69, 9.17) is 27.9 Å². The molecule has 0 atom stereocenters. The van der Waals surface area contributed by atoms with Crippen molar-refractivity contribution >= 4 is 51.8 Å². The average molecular weight is 392 g/mol. The lowest BCUT2D eigenvalue weighted by atomic mass is 10.1. The van der Waals surface area contributed by atoms with E-state index in [0.29, 0.717) is 21.4 Å². The highest BCUT2D eigenvalue weighted by molar-refractivity contribution is 7.99. The zero-order valence-corrected chi connectivity index (χ0v) is 15.8. The first-order valence-corrected chi connectivity index (χ1v) is 9.40.